The van der Waals surface area contributed by atoms with Crippen LogP contribution in [0.3, 0.4) is 0 Å². The highest BCUT2D eigenvalue weighted by atomic mass is 35.5. The van der Waals surface area contributed by atoms with E-state index in [0.717, 1.165) is 11.1 Å². The number of nitrogens with zero attached hydrogens (tertiary/aromatic N) is 2. The van der Waals surface area contributed by atoms with Crippen LogP contribution in [0.25, 0.3) is 0 Å². The van der Waals surface area contributed by atoms with Crippen LogP contribution in [0.2, 0.25) is 0 Å². The third-order valence-electron chi connectivity index (χ3n) is 2.52. The van der Waals surface area contributed by atoms with Crippen molar-refractivity contribution < 1.29 is 9.66 Å². The van der Waals surface area contributed by atoms with Crippen molar-refractivity contribution in [1.82, 2.24) is 4.98 Å². The highest BCUT2D eigenvalue weighted by molar-refractivity contribution is 6.17. The summed E-state index contributed by atoms with van der Waals surface area (Å²) in [4.78, 5) is 14.3. The van der Waals surface area contributed by atoms with Gasteiger partial charge in [-0.05, 0) is 29.3 Å². The molecular weight excluding hydrogens is 268 g/mol. The number of nitro groups is 1. The van der Waals surface area contributed by atoms with Crippen molar-refractivity contribution in [3.63, 3.8) is 0 Å². The lowest BCUT2D eigenvalue weighted by molar-refractivity contribution is -0.386. The van der Waals surface area contributed by atoms with Crippen molar-refractivity contribution in [2.24, 2.45) is 0 Å². The summed E-state index contributed by atoms with van der Waals surface area (Å²) in [6.07, 6.45) is 3.28. The van der Waals surface area contributed by atoms with Gasteiger partial charge in [0.05, 0.1) is 4.92 Å². The van der Waals surface area contributed by atoms with E-state index in [2.05, 4.69) is 4.98 Å². The van der Waals surface area contributed by atoms with Gasteiger partial charge in [-0.2, -0.15) is 0 Å². The van der Waals surface area contributed by atoms with Gasteiger partial charge in [-0.15, -0.1) is 11.6 Å². The molecule has 1 aromatic heterocycles. The molecule has 0 saturated heterocycles. The largest absolute Gasteiger partial charge is 0.482 e. The Bertz CT molecular complexity index is 575. The minimum absolute atomic E-state index is 0.0667. The van der Waals surface area contributed by atoms with E-state index >= 15 is 0 Å². The molecule has 0 aliphatic heterocycles. The fourth-order valence-electron chi connectivity index (χ4n) is 1.55. The quantitative estimate of drug-likeness (QED) is 0.478. The van der Waals surface area contributed by atoms with Crippen LogP contribution in [-0.4, -0.2) is 9.91 Å². The molecule has 2 rings (SSSR count). The molecule has 0 radical (unpaired) electrons. The van der Waals surface area contributed by atoms with Gasteiger partial charge in [0.1, 0.15) is 6.61 Å². The second kappa shape index (κ2) is 6.15. The van der Waals surface area contributed by atoms with E-state index in [1.165, 1.54) is 6.07 Å². The third kappa shape index (κ3) is 3.42. The number of nitro benzene ring substituents is 1. The van der Waals surface area contributed by atoms with E-state index in [1.807, 2.05) is 0 Å². The topological polar surface area (TPSA) is 65.3 Å². The van der Waals surface area contributed by atoms with Crippen molar-refractivity contribution in [3.8, 4) is 5.75 Å². The number of ether oxygens (including phenoxy) is 1. The lowest BCUT2D eigenvalue weighted by Gasteiger charge is -2.07. The Morgan fingerprint density at radius 3 is 2.58 bits per heavy atom. The van der Waals surface area contributed by atoms with Gasteiger partial charge in [0.25, 0.3) is 0 Å². The molecule has 0 unspecified atom stereocenters. The second-order valence-corrected chi connectivity index (χ2v) is 4.10. The minimum atomic E-state index is -0.472. The highest BCUT2D eigenvalue weighted by Crippen LogP contribution is 2.29. The SMILES string of the molecule is O=[N+]([O-])c1ccc(CCl)cc1OCc1ccncc1. The number of aromatic nitrogens is 1. The van der Waals surface area contributed by atoms with Crippen molar-refractivity contribution in [1.29, 1.82) is 0 Å². The van der Waals surface area contributed by atoms with Crippen LogP contribution < -0.4 is 4.74 Å². The summed E-state index contributed by atoms with van der Waals surface area (Å²) in [5.41, 5.74) is 1.60. The molecule has 0 aliphatic rings. The number of hydrogen-bond acceptors (Lipinski definition) is 4. The van der Waals surface area contributed by atoms with E-state index in [-0.39, 0.29) is 23.9 Å². The van der Waals surface area contributed by atoms with Crippen molar-refractivity contribution in [2.45, 2.75) is 12.5 Å². The molecule has 6 heteroatoms. The number of rotatable bonds is 5. The molecule has 19 heavy (non-hydrogen) atoms. The molecule has 0 amide bonds. The molecule has 0 N–H and O–H groups in total. The highest BCUT2D eigenvalue weighted by Gasteiger charge is 2.15. The Morgan fingerprint density at radius 1 is 1.21 bits per heavy atom. The van der Waals surface area contributed by atoms with Crippen LogP contribution in [0, 0.1) is 10.1 Å². The predicted octanol–water partition coefficient (Wildman–Crippen LogP) is 3.31. The smallest absolute Gasteiger partial charge is 0.310 e. The summed E-state index contributed by atoms with van der Waals surface area (Å²) < 4.78 is 5.50. The summed E-state index contributed by atoms with van der Waals surface area (Å²) >= 11 is 5.71. The molecule has 98 valence electrons. The summed E-state index contributed by atoms with van der Waals surface area (Å²) in [6, 6.07) is 8.19. The molecule has 0 atom stereocenters. The zero-order valence-electron chi connectivity index (χ0n) is 9.95. The Morgan fingerprint density at radius 2 is 1.95 bits per heavy atom. The molecule has 5 nitrogen and oxygen atoms in total. The van der Waals surface area contributed by atoms with Crippen molar-refractivity contribution in [2.75, 3.05) is 0 Å². The van der Waals surface area contributed by atoms with Gasteiger partial charge in [-0.25, -0.2) is 0 Å². The maximum absolute atomic E-state index is 10.9. The van der Waals surface area contributed by atoms with Crippen LogP contribution in [0.5, 0.6) is 5.75 Å². The van der Waals surface area contributed by atoms with Gasteiger partial charge in [0.2, 0.25) is 0 Å². The first-order valence-electron chi connectivity index (χ1n) is 5.55. The first-order chi connectivity index (χ1) is 9.20. The van der Waals surface area contributed by atoms with E-state index in [9.17, 15) is 10.1 Å². The van der Waals surface area contributed by atoms with Crippen LogP contribution in [0.15, 0.2) is 42.7 Å². The average molecular weight is 279 g/mol. The summed E-state index contributed by atoms with van der Waals surface area (Å²) in [7, 11) is 0. The zero-order valence-corrected chi connectivity index (χ0v) is 10.7. The molecule has 0 spiro atoms. The van der Waals surface area contributed by atoms with E-state index in [1.54, 1.807) is 36.7 Å². The number of alkyl halides is 1. The maximum Gasteiger partial charge on any atom is 0.310 e. The Labute approximate surface area is 115 Å². The molecular formula is C13H11ClN2O3. The fraction of sp³-hybridized carbons (Fsp3) is 0.154. The molecule has 1 aromatic carbocycles. The number of pyridine rings is 1. The van der Waals surface area contributed by atoms with Crippen LogP contribution >= 0.6 is 11.6 Å². The number of benzene rings is 1. The molecule has 1 heterocycles. The Kier molecular flexibility index (Phi) is 4.30. The van der Waals surface area contributed by atoms with Crippen LogP contribution in [0.4, 0.5) is 5.69 Å². The van der Waals surface area contributed by atoms with Crippen LogP contribution in [-0.2, 0) is 12.5 Å². The molecule has 0 fully saturated rings. The number of hydrogen-bond donors (Lipinski definition) is 0. The Balaban J connectivity index is 2.20. The lowest BCUT2D eigenvalue weighted by Crippen LogP contribution is -2.00. The van der Waals surface area contributed by atoms with Crippen molar-refractivity contribution in [3.05, 3.63) is 64.0 Å². The zero-order chi connectivity index (χ0) is 13.7. The van der Waals surface area contributed by atoms with Crippen molar-refractivity contribution >= 4 is 17.3 Å². The molecule has 0 aliphatic carbocycles. The second-order valence-electron chi connectivity index (χ2n) is 3.84. The first-order valence-corrected chi connectivity index (χ1v) is 6.09. The van der Waals surface area contributed by atoms with E-state index in [4.69, 9.17) is 16.3 Å². The minimum Gasteiger partial charge on any atom is -0.482 e. The van der Waals surface area contributed by atoms with Gasteiger partial charge < -0.3 is 4.74 Å². The summed E-state index contributed by atoms with van der Waals surface area (Å²) in [5.74, 6) is 0.504. The Hall–Kier alpha value is -2.14. The van der Waals surface area contributed by atoms with Gasteiger partial charge in [0, 0.05) is 24.3 Å². The standard InChI is InChI=1S/C13H11ClN2O3/c14-8-11-1-2-12(16(17)18)13(7-11)19-9-10-3-5-15-6-4-10/h1-7H,8-9H2. The predicted molar refractivity (Wildman–Crippen MR) is 71.2 cm³/mol. The van der Waals surface area contributed by atoms with E-state index < -0.39 is 4.92 Å². The molecule has 0 saturated carbocycles. The monoisotopic (exact) mass is 278 g/mol. The van der Waals surface area contributed by atoms with Gasteiger partial charge in [-0.1, -0.05) is 6.07 Å². The third-order valence-corrected chi connectivity index (χ3v) is 2.83. The van der Waals surface area contributed by atoms with E-state index in [0.29, 0.717) is 0 Å². The maximum atomic E-state index is 10.9. The van der Waals surface area contributed by atoms with Gasteiger partial charge in [0.15, 0.2) is 5.75 Å². The lowest BCUT2D eigenvalue weighted by atomic mass is 10.2. The number of halogens is 1. The summed E-state index contributed by atoms with van der Waals surface area (Å²) in [6.45, 7) is 0.245. The average Bonchev–Trinajstić information content (AvgIpc) is 2.45. The molecule has 0 bridgehead atoms. The summed E-state index contributed by atoms with van der Waals surface area (Å²) in [5, 5.41) is 10.9. The normalized spacial score (nSPS) is 10.2. The first kappa shape index (κ1) is 13.3. The van der Waals surface area contributed by atoms with Gasteiger partial charge in [-0.3, -0.25) is 15.1 Å². The molecule has 2 aromatic rings. The van der Waals surface area contributed by atoms with Crippen LogP contribution in [0.1, 0.15) is 11.1 Å². The van der Waals surface area contributed by atoms with Gasteiger partial charge >= 0.3 is 5.69 Å². The fourth-order valence-corrected chi connectivity index (χ4v) is 1.71.